The fraction of sp³-hybridized carbons (Fsp3) is 0.533. The molecule has 1 aliphatic heterocycles. The molecule has 1 atom stereocenters. The Balaban J connectivity index is 1.67. The summed E-state index contributed by atoms with van der Waals surface area (Å²) in [5, 5.41) is 2.97. The van der Waals surface area contributed by atoms with Gasteiger partial charge in [0.25, 0.3) is 0 Å². The van der Waals surface area contributed by atoms with E-state index in [0.29, 0.717) is 6.61 Å². The summed E-state index contributed by atoms with van der Waals surface area (Å²) in [5.74, 6) is 1.32. The van der Waals surface area contributed by atoms with Gasteiger partial charge in [0.15, 0.2) is 0 Å². The van der Waals surface area contributed by atoms with Gasteiger partial charge < -0.3 is 10.1 Å². The van der Waals surface area contributed by atoms with Gasteiger partial charge in [0.05, 0.1) is 6.61 Å². The zero-order valence-electron chi connectivity index (χ0n) is 10.7. The van der Waals surface area contributed by atoms with Crippen LogP contribution < -0.4 is 10.1 Å². The molecule has 0 radical (unpaired) electrons. The van der Waals surface area contributed by atoms with Gasteiger partial charge in [-0.15, -0.1) is 0 Å². The molecule has 1 saturated heterocycles. The average Bonchev–Trinajstić information content (AvgIpc) is 2.61. The minimum Gasteiger partial charge on any atom is -0.494 e. The first kappa shape index (κ1) is 12.9. The van der Waals surface area contributed by atoms with Crippen molar-refractivity contribution in [2.45, 2.75) is 32.1 Å². The van der Waals surface area contributed by atoms with Crippen LogP contribution >= 0.6 is 0 Å². The second-order valence-corrected chi connectivity index (χ2v) is 4.79. The molecule has 1 heterocycles. The zero-order chi connectivity index (χ0) is 12.6. The Hall–Kier alpha value is -1.51. The number of hydrogen-bond donors (Lipinski definition) is 1. The van der Waals surface area contributed by atoms with Gasteiger partial charge in [0.2, 0.25) is 5.91 Å². The van der Waals surface area contributed by atoms with Crippen molar-refractivity contribution in [3.63, 3.8) is 0 Å². The topological polar surface area (TPSA) is 38.3 Å². The Morgan fingerprint density at radius 1 is 1.22 bits per heavy atom. The minimum absolute atomic E-state index is 0.187. The molecule has 3 nitrogen and oxygen atoms in total. The summed E-state index contributed by atoms with van der Waals surface area (Å²) in [6, 6.07) is 9.82. The summed E-state index contributed by atoms with van der Waals surface area (Å²) < 4.78 is 5.63. The van der Waals surface area contributed by atoms with Gasteiger partial charge in [-0.1, -0.05) is 24.6 Å². The summed E-state index contributed by atoms with van der Waals surface area (Å²) in [4.78, 5) is 11.7. The van der Waals surface area contributed by atoms with E-state index in [1.165, 1.54) is 0 Å². The molecule has 3 heteroatoms. The van der Waals surface area contributed by atoms with Crippen LogP contribution in [0.25, 0.3) is 0 Å². The van der Waals surface area contributed by atoms with E-state index in [1.807, 2.05) is 30.3 Å². The van der Waals surface area contributed by atoms with Crippen LogP contribution in [-0.2, 0) is 4.79 Å². The number of ether oxygens (including phenoxy) is 1. The highest BCUT2D eigenvalue weighted by Gasteiger charge is 2.19. The first-order valence-electron chi connectivity index (χ1n) is 6.82. The van der Waals surface area contributed by atoms with Gasteiger partial charge in [-0.3, -0.25) is 4.79 Å². The predicted molar refractivity (Wildman–Crippen MR) is 71.5 cm³/mol. The summed E-state index contributed by atoms with van der Waals surface area (Å²) in [5.41, 5.74) is 0. The Bertz CT molecular complexity index is 364. The lowest BCUT2D eigenvalue weighted by Crippen LogP contribution is -2.29. The van der Waals surface area contributed by atoms with Gasteiger partial charge in [0, 0.05) is 12.5 Å². The highest BCUT2D eigenvalue weighted by Crippen LogP contribution is 2.18. The summed E-state index contributed by atoms with van der Waals surface area (Å²) in [7, 11) is 0. The van der Waals surface area contributed by atoms with E-state index in [2.05, 4.69) is 5.32 Å². The molecule has 98 valence electrons. The maximum atomic E-state index is 11.7. The minimum atomic E-state index is 0.187. The lowest BCUT2D eigenvalue weighted by molar-refractivity contribution is -0.124. The quantitative estimate of drug-likeness (QED) is 0.812. The highest BCUT2D eigenvalue weighted by molar-refractivity contribution is 5.78. The zero-order valence-corrected chi connectivity index (χ0v) is 10.7. The van der Waals surface area contributed by atoms with Crippen molar-refractivity contribution in [3.05, 3.63) is 30.3 Å². The molecule has 1 N–H and O–H groups in total. The second kappa shape index (κ2) is 7.04. The number of nitrogens with one attached hydrogen (secondary N) is 1. The fourth-order valence-electron chi connectivity index (χ4n) is 2.31. The van der Waals surface area contributed by atoms with E-state index in [9.17, 15) is 4.79 Å². The Morgan fingerprint density at radius 3 is 2.89 bits per heavy atom. The third-order valence-corrected chi connectivity index (χ3v) is 3.36. The summed E-state index contributed by atoms with van der Waals surface area (Å²) >= 11 is 0. The van der Waals surface area contributed by atoms with Crippen molar-refractivity contribution in [3.8, 4) is 5.75 Å². The van der Waals surface area contributed by atoms with E-state index in [-0.39, 0.29) is 11.8 Å². The highest BCUT2D eigenvalue weighted by atomic mass is 16.5. The maximum absolute atomic E-state index is 11.7. The average molecular weight is 247 g/mol. The van der Waals surface area contributed by atoms with Crippen LogP contribution in [0.1, 0.15) is 32.1 Å². The predicted octanol–water partition coefficient (Wildman–Crippen LogP) is 2.76. The summed E-state index contributed by atoms with van der Waals surface area (Å²) in [6.45, 7) is 1.53. The molecule has 0 bridgehead atoms. The molecule has 1 amide bonds. The van der Waals surface area contributed by atoms with Crippen LogP contribution in [0.4, 0.5) is 0 Å². The first-order valence-corrected chi connectivity index (χ1v) is 6.82. The molecule has 1 unspecified atom stereocenters. The van der Waals surface area contributed by atoms with Crippen LogP contribution in [-0.4, -0.2) is 19.1 Å². The Morgan fingerprint density at radius 2 is 2.06 bits per heavy atom. The number of carbonyl (C=O) groups is 1. The van der Waals surface area contributed by atoms with Crippen molar-refractivity contribution < 1.29 is 9.53 Å². The first-order chi connectivity index (χ1) is 8.86. The second-order valence-electron chi connectivity index (χ2n) is 4.79. The molecule has 0 aromatic heterocycles. The molecule has 2 rings (SSSR count). The van der Waals surface area contributed by atoms with Crippen molar-refractivity contribution in [2.24, 2.45) is 5.92 Å². The lowest BCUT2D eigenvalue weighted by atomic mass is 9.97. The van der Waals surface area contributed by atoms with Gasteiger partial charge in [-0.2, -0.15) is 0 Å². The fourth-order valence-corrected chi connectivity index (χ4v) is 2.31. The van der Waals surface area contributed by atoms with E-state index in [0.717, 1.165) is 44.4 Å². The molecule has 1 aromatic carbocycles. The monoisotopic (exact) mass is 247 g/mol. The summed E-state index contributed by atoms with van der Waals surface area (Å²) in [6.07, 6.45) is 5.16. The van der Waals surface area contributed by atoms with E-state index in [4.69, 9.17) is 4.74 Å². The van der Waals surface area contributed by atoms with Crippen LogP contribution in [0.5, 0.6) is 5.75 Å². The van der Waals surface area contributed by atoms with Crippen LogP contribution in [0.15, 0.2) is 30.3 Å². The number of hydrogen-bond acceptors (Lipinski definition) is 2. The number of benzene rings is 1. The molecule has 1 aromatic rings. The van der Waals surface area contributed by atoms with Gasteiger partial charge in [-0.05, 0) is 37.8 Å². The van der Waals surface area contributed by atoms with Crippen molar-refractivity contribution in [2.75, 3.05) is 13.2 Å². The number of rotatable bonds is 5. The van der Waals surface area contributed by atoms with E-state index < -0.39 is 0 Å². The largest absolute Gasteiger partial charge is 0.494 e. The van der Waals surface area contributed by atoms with Crippen LogP contribution in [0, 0.1) is 5.92 Å². The van der Waals surface area contributed by atoms with Crippen molar-refractivity contribution in [1.29, 1.82) is 0 Å². The van der Waals surface area contributed by atoms with Gasteiger partial charge >= 0.3 is 0 Å². The van der Waals surface area contributed by atoms with Crippen LogP contribution in [0.2, 0.25) is 0 Å². The Labute approximate surface area is 109 Å². The number of para-hydroxylation sites is 1. The van der Waals surface area contributed by atoms with E-state index in [1.54, 1.807) is 0 Å². The molecule has 0 spiro atoms. The molecular weight excluding hydrogens is 226 g/mol. The molecule has 0 saturated carbocycles. The standard InChI is InChI=1S/C15H21NO2/c17-15-13(7-4-5-11-16-15)8-6-12-18-14-9-2-1-3-10-14/h1-3,9-10,13H,4-8,11-12H2,(H,16,17). The van der Waals surface area contributed by atoms with Crippen molar-refractivity contribution in [1.82, 2.24) is 5.32 Å². The third-order valence-electron chi connectivity index (χ3n) is 3.36. The SMILES string of the molecule is O=C1NCCCCC1CCCOc1ccccc1. The maximum Gasteiger partial charge on any atom is 0.223 e. The molecular formula is C15H21NO2. The smallest absolute Gasteiger partial charge is 0.223 e. The van der Waals surface area contributed by atoms with E-state index >= 15 is 0 Å². The number of carbonyl (C=O) groups excluding carboxylic acids is 1. The molecule has 1 aliphatic rings. The lowest BCUT2D eigenvalue weighted by Gasteiger charge is -2.13. The normalized spacial score (nSPS) is 20.0. The number of amides is 1. The third kappa shape index (κ3) is 4.06. The van der Waals surface area contributed by atoms with Crippen LogP contribution in [0.3, 0.4) is 0 Å². The Kier molecular flexibility index (Phi) is 5.06. The van der Waals surface area contributed by atoms with Crippen molar-refractivity contribution >= 4 is 5.91 Å². The van der Waals surface area contributed by atoms with Gasteiger partial charge in [0.1, 0.15) is 5.75 Å². The molecule has 18 heavy (non-hydrogen) atoms. The molecule has 0 aliphatic carbocycles. The van der Waals surface area contributed by atoms with Gasteiger partial charge in [-0.25, -0.2) is 0 Å². The molecule has 1 fully saturated rings.